The van der Waals surface area contributed by atoms with Gasteiger partial charge in [-0.3, -0.25) is 19.3 Å². The SMILES string of the molecule is COc1nc(OCCN2CC(CF)C2)ccc1[C@@H]1c2ccc3[nH]ncc3c2C[C@@H](C)N1CC1(F)CC1. The molecule has 3 aliphatic rings. The summed E-state index contributed by atoms with van der Waals surface area (Å²) in [7, 11) is 1.61. The van der Waals surface area contributed by atoms with Crippen molar-refractivity contribution in [2.75, 3.05) is 46.6 Å². The predicted molar refractivity (Wildman–Crippen MR) is 133 cm³/mol. The van der Waals surface area contributed by atoms with Gasteiger partial charge in [-0.2, -0.15) is 10.1 Å². The summed E-state index contributed by atoms with van der Waals surface area (Å²) < 4.78 is 39.4. The molecule has 1 aliphatic carbocycles. The lowest BCUT2D eigenvalue weighted by atomic mass is 9.83. The number of halogens is 2. The highest BCUT2D eigenvalue weighted by Gasteiger charge is 2.48. The van der Waals surface area contributed by atoms with E-state index < -0.39 is 5.67 Å². The number of rotatable bonds is 9. The Hall–Kier alpha value is -2.78. The van der Waals surface area contributed by atoms with Gasteiger partial charge in [0.15, 0.2) is 0 Å². The first-order valence-corrected chi connectivity index (χ1v) is 12.8. The number of H-pyrrole nitrogens is 1. The Labute approximate surface area is 209 Å². The standard InChI is InChI=1S/C27H33F2N5O2/c1-17-11-21-19(3-5-23-22(21)13-30-32-23)25(34(17)16-27(29)7-8-27)20-4-6-24(31-26(20)35-2)36-10-9-33-14-18(12-28)15-33/h3-6,13,17-18,25H,7-12,14-16H2,1-2H3,(H,30,32)/t17-,25+/m1/s1. The van der Waals surface area contributed by atoms with Gasteiger partial charge in [-0.15, -0.1) is 0 Å². The summed E-state index contributed by atoms with van der Waals surface area (Å²) in [5.41, 5.74) is 3.16. The molecule has 0 bridgehead atoms. The van der Waals surface area contributed by atoms with Crippen molar-refractivity contribution < 1.29 is 18.3 Å². The zero-order valence-electron chi connectivity index (χ0n) is 20.8. The topological polar surface area (TPSA) is 66.5 Å². The Morgan fingerprint density at radius 2 is 1.97 bits per heavy atom. The number of hydrogen-bond donors (Lipinski definition) is 1. The molecule has 2 fully saturated rings. The molecule has 1 saturated heterocycles. The van der Waals surface area contributed by atoms with Crippen molar-refractivity contribution in [3.63, 3.8) is 0 Å². The third kappa shape index (κ3) is 4.32. The van der Waals surface area contributed by atoms with Crippen LogP contribution in [-0.4, -0.2) is 83.3 Å². The monoisotopic (exact) mass is 497 g/mol. The van der Waals surface area contributed by atoms with E-state index in [4.69, 9.17) is 9.47 Å². The van der Waals surface area contributed by atoms with Crippen LogP contribution in [0.4, 0.5) is 8.78 Å². The van der Waals surface area contributed by atoms with E-state index in [1.807, 2.05) is 24.4 Å². The number of ether oxygens (including phenoxy) is 2. The molecule has 9 heteroatoms. The normalized spacial score (nSPS) is 23.9. The van der Waals surface area contributed by atoms with Crippen LogP contribution in [0.25, 0.3) is 10.9 Å². The molecule has 192 valence electrons. The largest absolute Gasteiger partial charge is 0.481 e. The molecule has 1 N–H and O–H groups in total. The molecular weight excluding hydrogens is 464 g/mol. The van der Waals surface area contributed by atoms with Crippen molar-refractivity contribution in [2.24, 2.45) is 5.92 Å². The van der Waals surface area contributed by atoms with E-state index in [2.05, 4.69) is 38.0 Å². The Morgan fingerprint density at radius 3 is 2.72 bits per heavy atom. The second kappa shape index (κ2) is 9.27. The zero-order chi connectivity index (χ0) is 24.9. The summed E-state index contributed by atoms with van der Waals surface area (Å²) in [6.07, 6.45) is 3.94. The van der Waals surface area contributed by atoms with Crippen LogP contribution in [0.2, 0.25) is 0 Å². The summed E-state index contributed by atoms with van der Waals surface area (Å²) in [6.45, 7) is 5.08. The fraction of sp³-hybridized carbons (Fsp3) is 0.556. The molecule has 3 aromatic rings. The summed E-state index contributed by atoms with van der Waals surface area (Å²) in [5.74, 6) is 1.14. The van der Waals surface area contributed by atoms with E-state index in [1.54, 1.807) is 7.11 Å². The number of aromatic amines is 1. The molecule has 2 atom stereocenters. The Morgan fingerprint density at radius 1 is 1.17 bits per heavy atom. The first-order valence-electron chi connectivity index (χ1n) is 12.8. The molecule has 1 aromatic carbocycles. The predicted octanol–water partition coefficient (Wildman–Crippen LogP) is 4.08. The number of aromatic nitrogens is 3. The molecule has 1 saturated carbocycles. The minimum Gasteiger partial charge on any atom is -0.481 e. The molecular formula is C27H33F2N5O2. The maximum absolute atomic E-state index is 15.1. The third-order valence-corrected chi connectivity index (χ3v) is 7.98. The van der Waals surface area contributed by atoms with Gasteiger partial charge in [0.1, 0.15) is 12.3 Å². The Kier molecular flexibility index (Phi) is 6.08. The Bertz CT molecular complexity index is 1240. The fourth-order valence-electron chi connectivity index (χ4n) is 5.76. The number of nitrogens with zero attached hydrogens (tertiary/aromatic N) is 4. The fourth-order valence-corrected chi connectivity index (χ4v) is 5.76. The smallest absolute Gasteiger partial charge is 0.221 e. The molecule has 0 radical (unpaired) electrons. The highest BCUT2D eigenvalue weighted by Crippen LogP contribution is 2.48. The maximum atomic E-state index is 15.1. The van der Waals surface area contributed by atoms with E-state index in [0.717, 1.165) is 48.1 Å². The highest BCUT2D eigenvalue weighted by molar-refractivity contribution is 5.83. The van der Waals surface area contributed by atoms with Gasteiger partial charge in [0.05, 0.1) is 31.5 Å². The molecule has 2 aliphatic heterocycles. The van der Waals surface area contributed by atoms with Crippen LogP contribution in [0.1, 0.15) is 42.5 Å². The summed E-state index contributed by atoms with van der Waals surface area (Å²) in [4.78, 5) is 9.12. The lowest BCUT2D eigenvalue weighted by molar-refractivity contribution is 0.0660. The number of likely N-dealkylation sites (tertiary alicyclic amines) is 1. The second-order valence-electron chi connectivity index (χ2n) is 10.6. The average Bonchev–Trinajstić information content (AvgIpc) is 3.37. The molecule has 6 rings (SSSR count). The van der Waals surface area contributed by atoms with Crippen LogP contribution in [0, 0.1) is 5.92 Å². The minimum absolute atomic E-state index is 0.140. The number of methoxy groups -OCH3 is 1. The molecule has 0 spiro atoms. The van der Waals surface area contributed by atoms with Gasteiger partial charge >= 0.3 is 0 Å². The van der Waals surface area contributed by atoms with Crippen LogP contribution in [0.3, 0.4) is 0 Å². The van der Waals surface area contributed by atoms with E-state index in [1.165, 1.54) is 5.56 Å². The molecule has 4 heterocycles. The first kappa shape index (κ1) is 23.6. The van der Waals surface area contributed by atoms with Crippen molar-refractivity contribution in [1.82, 2.24) is 25.0 Å². The number of fused-ring (bicyclic) bond motifs is 3. The maximum Gasteiger partial charge on any atom is 0.221 e. The van der Waals surface area contributed by atoms with E-state index >= 15 is 4.39 Å². The second-order valence-corrected chi connectivity index (χ2v) is 10.6. The van der Waals surface area contributed by atoms with Crippen LogP contribution >= 0.6 is 0 Å². The number of pyridine rings is 1. The number of benzene rings is 1. The van der Waals surface area contributed by atoms with Gasteiger partial charge < -0.3 is 9.47 Å². The minimum atomic E-state index is -1.12. The number of nitrogens with one attached hydrogen (secondary N) is 1. The molecule has 36 heavy (non-hydrogen) atoms. The van der Waals surface area contributed by atoms with Gasteiger partial charge in [0.25, 0.3) is 0 Å². The van der Waals surface area contributed by atoms with Crippen LogP contribution in [-0.2, 0) is 6.42 Å². The van der Waals surface area contributed by atoms with Crippen molar-refractivity contribution in [3.05, 3.63) is 47.2 Å². The summed E-state index contributed by atoms with van der Waals surface area (Å²) >= 11 is 0. The van der Waals surface area contributed by atoms with Crippen LogP contribution < -0.4 is 9.47 Å². The van der Waals surface area contributed by atoms with Gasteiger partial charge in [-0.1, -0.05) is 6.07 Å². The van der Waals surface area contributed by atoms with E-state index in [-0.39, 0.29) is 24.7 Å². The summed E-state index contributed by atoms with van der Waals surface area (Å²) in [5, 5.41) is 8.43. The molecule has 7 nitrogen and oxygen atoms in total. The molecule has 0 unspecified atom stereocenters. The van der Waals surface area contributed by atoms with Crippen molar-refractivity contribution >= 4 is 10.9 Å². The van der Waals surface area contributed by atoms with Gasteiger partial charge in [-0.05, 0) is 49.4 Å². The van der Waals surface area contributed by atoms with E-state index in [0.29, 0.717) is 37.8 Å². The van der Waals surface area contributed by atoms with Crippen LogP contribution in [0.5, 0.6) is 11.8 Å². The average molecular weight is 498 g/mol. The van der Waals surface area contributed by atoms with Crippen LogP contribution in [0.15, 0.2) is 30.5 Å². The Balaban J connectivity index is 1.30. The zero-order valence-corrected chi connectivity index (χ0v) is 20.8. The van der Waals surface area contributed by atoms with Gasteiger partial charge in [0, 0.05) is 55.2 Å². The molecule has 2 aromatic heterocycles. The van der Waals surface area contributed by atoms with Crippen molar-refractivity contribution in [2.45, 2.75) is 43.9 Å². The third-order valence-electron chi connectivity index (χ3n) is 7.98. The highest BCUT2D eigenvalue weighted by atomic mass is 19.1. The molecule has 0 amide bonds. The quantitative estimate of drug-likeness (QED) is 0.481. The first-order chi connectivity index (χ1) is 17.5. The lowest BCUT2D eigenvalue weighted by Crippen LogP contribution is -2.49. The number of hydrogen-bond acceptors (Lipinski definition) is 6. The van der Waals surface area contributed by atoms with Gasteiger partial charge in [-0.25, -0.2) is 4.39 Å². The van der Waals surface area contributed by atoms with E-state index in [9.17, 15) is 4.39 Å². The van der Waals surface area contributed by atoms with Crippen molar-refractivity contribution in [3.8, 4) is 11.8 Å². The van der Waals surface area contributed by atoms with Crippen molar-refractivity contribution in [1.29, 1.82) is 0 Å². The summed E-state index contributed by atoms with van der Waals surface area (Å²) in [6, 6.07) is 7.99. The number of alkyl halides is 2. The lowest BCUT2D eigenvalue weighted by Gasteiger charge is -2.43. The van der Waals surface area contributed by atoms with Gasteiger partial charge in [0.2, 0.25) is 11.8 Å².